The van der Waals surface area contributed by atoms with Crippen LogP contribution in [0, 0.1) is 0 Å². The maximum absolute atomic E-state index is 12.2. The number of aryl methyl sites for hydroxylation is 1. The van der Waals surface area contributed by atoms with Gasteiger partial charge in [-0.25, -0.2) is 4.79 Å². The molecule has 0 aromatic carbocycles. The van der Waals surface area contributed by atoms with Gasteiger partial charge < -0.3 is 4.74 Å². The van der Waals surface area contributed by atoms with Gasteiger partial charge in [-0.1, -0.05) is 27.7 Å². The van der Waals surface area contributed by atoms with Crippen molar-refractivity contribution in [1.82, 2.24) is 4.98 Å². The van der Waals surface area contributed by atoms with Crippen LogP contribution in [0.2, 0.25) is 0 Å². The lowest BCUT2D eigenvalue weighted by atomic mass is 9.82. The first-order valence-electron chi connectivity index (χ1n) is 7.56. The number of fused-ring (bicyclic) bond motifs is 1. The van der Waals surface area contributed by atoms with E-state index in [0.717, 1.165) is 12.1 Å². The molecule has 1 heterocycles. The number of rotatable bonds is 2. The standard InChI is InChI=1S/C17H25NO2/c1-6-20-16(19)13-10-12-9-7-8-11(2)14(12)18-15(13)17(3,4)5/h10-11H,6-9H2,1-5H3. The number of carbonyl (C=O) groups is 1. The van der Waals surface area contributed by atoms with Gasteiger partial charge in [0, 0.05) is 11.1 Å². The molecule has 1 aromatic rings. The zero-order chi connectivity index (χ0) is 14.9. The van der Waals surface area contributed by atoms with Crippen LogP contribution in [0.15, 0.2) is 6.07 Å². The number of hydrogen-bond donors (Lipinski definition) is 0. The predicted octanol–water partition coefficient (Wildman–Crippen LogP) is 4.00. The minimum Gasteiger partial charge on any atom is -0.462 e. The van der Waals surface area contributed by atoms with Crippen LogP contribution in [0.3, 0.4) is 0 Å². The molecule has 0 amide bonds. The minimum absolute atomic E-state index is 0.158. The normalized spacial score (nSPS) is 18.6. The van der Waals surface area contributed by atoms with Gasteiger partial charge in [0.1, 0.15) is 0 Å². The lowest BCUT2D eigenvalue weighted by molar-refractivity contribution is 0.0522. The monoisotopic (exact) mass is 275 g/mol. The fourth-order valence-electron chi connectivity index (χ4n) is 2.87. The molecule has 0 spiro atoms. The molecule has 0 aliphatic heterocycles. The Labute approximate surface area is 121 Å². The van der Waals surface area contributed by atoms with Crippen molar-refractivity contribution < 1.29 is 9.53 Å². The molecule has 20 heavy (non-hydrogen) atoms. The van der Waals surface area contributed by atoms with Crippen LogP contribution in [0.4, 0.5) is 0 Å². The fraction of sp³-hybridized carbons (Fsp3) is 0.647. The lowest BCUT2D eigenvalue weighted by Gasteiger charge is -2.27. The van der Waals surface area contributed by atoms with Gasteiger partial charge >= 0.3 is 5.97 Å². The molecule has 110 valence electrons. The summed E-state index contributed by atoms with van der Waals surface area (Å²) in [4.78, 5) is 17.1. The molecule has 1 aliphatic rings. The molecule has 3 nitrogen and oxygen atoms in total. The van der Waals surface area contributed by atoms with Crippen LogP contribution in [-0.2, 0) is 16.6 Å². The molecule has 2 rings (SSSR count). The van der Waals surface area contributed by atoms with Crippen molar-refractivity contribution in [3.05, 3.63) is 28.6 Å². The van der Waals surface area contributed by atoms with Crippen molar-refractivity contribution in [3.8, 4) is 0 Å². The average molecular weight is 275 g/mol. The van der Waals surface area contributed by atoms with Gasteiger partial charge in [0.05, 0.1) is 17.9 Å². The van der Waals surface area contributed by atoms with Crippen molar-refractivity contribution >= 4 is 5.97 Å². The Morgan fingerprint density at radius 2 is 2.15 bits per heavy atom. The number of ether oxygens (including phenoxy) is 1. The Balaban J connectivity index is 2.57. The van der Waals surface area contributed by atoms with E-state index in [2.05, 4.69) is 27.7 Å². The van der Waals surface area contributed by atoms with Crippen LogP contribution in [-0.4, -0.2) is 17.6 Å². The summed E-state index contributed by atoms with van der Waals surface area (Å²) in [5.41, 5.74) is 3.75. The second-order valence-electron chi connectivity index (χ2n) is 6.69. The van der Waals surface area contributed by atoms with Gasteiger partial charge in [0.25, 0.3) is 0 Å². The Morgan fingerprint density at radius 1 is 1.45 bits per heavy atom. The van der Waals surface area contributed by atoms with Gasteiger partial charge in [-0.15, -0.1) is 0 Å². The second kappa shape index (κ2) is 5.55. The van der Waals surface area contributed by atoms with E-state index in [9.17, 15) is 4.79 Å². The highest BCUT2D eigenvalue weighted by molar-refractivity contribution is 5.91. The Kier molecular flexibility index (Phi) is 4.17. The van der Waals surface area contributed by atoms with Gasteiger partial charge in [0.15, 0.2) is 0 Å². The highest BCUT2D eigenvalue weighted by Gasteiger charge is 2.28. The van der Waals surface area contributed by atoms with Gasteiger partial charge in [-0.3, -0.25) is 4.98 Å². The van der Waals surface area contributed by atoms with Crippen molar-refractivity contribution in [3.63, 3.8) is 0 Å². The summed E-state index contributed by atoms with van der Waals surface area (Å²) < 4.78 is 5.20. The van der Waals surface area contributed by atoms with Crippen molar-refractivity contribution in [2.45, 2.75) is 65.2 Å². The highest BCUT2D eigenvalue weighted by Crippen LogP contribution is 2.34. The largest absolute Gasteiger partial charge is 0.462 e. The molecule has 0 bridgehead atoms. The van der Waals surface area contributed by atoms with Crippen LogP contribution in [0.1, 0.15) is 80.7 Å². The number of pyridine rings is 1. The quantitative estimate of drug-likeness (QED) is 0.766. The third-order valence-electron chi connectivity index (χ3n) is 3.89. The van der Waals surface area contributed by atoms with Crippen LogP contribution in [0.25, 0.3) is 0 Å². The summed E-state index contributed by atoms with van der Waals surface area (Å²) in [6.45, 7) is 10.7. The molecule has 0 fully saturated rings. The van der Waals surface area contributed by atoms with Crippen molar-refractivity contribution in [2.75, 3.05) is 6.61 Å². The number of nitrogens with zero attached hydrogens (tertiary/aromatic N) is 1. The van der Waals surface area contributed by atoms with Gasteiger partial charge in [-0.2, -0.15) is 0 Å². The van der Waals surface area contributed by atoms with E-state index in [1.54, 1.807) is 0 Å². The Morgan fingerprint density at radius 3 is 2.75 bits per heavy atom. The number of esters is 1. The van der Waals surface area contributed by atoms with Crippen LogP contribution in [0.5, 0.6) is 0 Å². The summed E-state index contributed by atoms with van der Waals surface area (Å²) in [6.07, 6.45) is 3.37. The summed E-state index contributed by atoms with van der Waals surface area (Å²) in [6, 6.07) is 2.02. The summed E-state index contributed by atoms with van der Waals surface area (Å²) >= 11 is 0. The molecular formula is C17H25NO2. The molecule has 0 N–H and O–H groups in total. The molecule has 3 heteroatoms. The second-order valence-corrected chi connectivity index (χ2v) is 6.69. The van der Waals surface area contributed by atoms with Crippen molar-refractivity contribution in [1.29, 1.82) is 0 Å². The van der Waals surface area contributed by atoms with E-state index in [0.29, 0.717) is 18.1 Å². The Hall–Kier alpha value is -1.38. The molecule has 0 radical (unpaired) electrons. The van der Waals surface area contributed by atoms with Crippen LogP contribution < -0.4 is 0 Å². The molecule has 0 saturated carbocycles. The molecule has 1 atom stereocenters. The summed E-state index contributed by atoms with van der Waals surface area (Å²) in [7, 11) is 0. The molecule has 1 aliphatic carbocycles. The third-order valence-corrected chi connectivity index (χ3v) is 3.89. The van der Waals surface area contributed by atoms with Crippen molar-refractivity contribution in [2.24, 2.45) is 0 Å². The van der Waals surface area contributed by atoms with Gasteiger partial charge in [0.2, 0.25) is 0 Å². The topological polar surface area (TPSA) is 39.2 Å². The molecular weight excluding hydrogens is 250 g/mol. The highest BCUT2D eigenvalue weighted by atomic mass is 16.5. The molecule has 1 aromatic heterocycles. The maximum Gasteiger partial charge on any atom is 0.340 e. The third kappa shape index (κ3) is 2.87. The van der Waals surface area contributed by atoms with E-state index >= 15 is 0 Å². The number of hydrogen-bond acceptors (Lipinski definition) is 3. The predicted molar refractivity (Wildman–Crippen MR) is 80.2 cm³/mol. The van der Waals surface area contributed by atoms with Crippen LogP contribution >= 0.6 is 0 Å². The summed E-state index contributed by atoms with van der Waals surface area (Å²) in [5.74, 6) is 0.238. The van der Waals surface area contributed by atoms with E-state index in [-0.39, 0.29) is 11.4 Å². The number of aromatic nitrogens is 1. The summed E-state index contributed by atoms with van der Waals surface area (Å²) in [5, 5.41) is 0. The fourth-order valence-corrected chi connectivity index (χ4v) is 2.87. The first-order chi connectivity index (χ1) is 9.34. The Bertz CT molecular complexity index is 514. The molecule has 0 saturated heterocycles. The maximum atomic E-state index is 12.2. The minimum atomic E-state index is -0.244. The van der Waals surface area contributed by atoms with E-state index in [1.165, 1.54) is 24.1 Å². The first-order valence-corrected chi connectivity index (χ1v) is 7.56. The zero-order valence-electron chi connectivity index (χ0n) is 13.2. The van der Waals surface area contributed by atoms with E-state index in [1.807, 2.05) is 13.0 Å². The van der Waals surface area contributed by atoms with E-state index < -0.39 is 0 Å². The molecule has 1 unspecified atom stereocenters. The average Bonchev–Trinajstić information content (AvgIpc) is 2.37. The first kappa shape index (κ1) is 15.0. The van der Waals surface area contributed by atoms with Gasteiger partial charge in [-0.05, 0) is 43.7 Å². The van der Waals surface area contributed by atoms with E-state index in [4.69, 9.17) is 9.72 Å². The lowest BCUT2D eigenvalue weighted by Crippen LogP contribution is -2.24. The SMILES string of the molecule is CCOC(=O)c1cc2c(nc1C(C)(C)C)C(C)CCC2. The smallest absolute Gasteiger partial charge is 0.340 e. The zero-order valence-corrected chi connectivity index (χ0v) is 13.2. The number of carbonyl (C=O) groups excluding carboxylic acids is 1.